The van der Waals surface area contributed by atoms with Crippen molar-refractivity contribution in [2.75, 3.05) is 10.6 Å². The molecule has 0 radical (unpaired) electrons. The lowest BCUT2D eigenvalue weighted by molar-refractivity contribution is 0.153. The topological polar surface area (TPSA) is 64.5 Å². The van der Waals surface area contributed by atoms with Gasteiger partial charge in [-0.15, -0.1) is 0 Å². The van der Waals surface area contributed by atoms with Gasteiger partial charge in [0, 0.05) is 51.3 Å². The Morgan fingerprint density at radius 1 is 0.912 bits per heavy atom. The van der Waals surface area contributed by atoms with Crippen LogP contribution >= 0.6 is 11.6 Å². The molecule has 3 atom stereocenters. The fourth-order valence-electron chi connectivity index (χ4n) is 4.89. The molecule has 4 N–H and O–H groups in total. The second-order valence-electron chi connectivity index (χ2n) is 9.58. The first-order chi connectivity index (χ1) is 16.0. The van der Waals surface area contributed by atoms with Crippen molar-refractivity contribution in [3.05, 3.63) is 106 Å². The van der Waals surface area contributed by atoms with Crippen LogP contribution in [0.3, 0.4) is 0 Å². The third-order valence-electron chi connectivity index (χ3n) is 6.51. The van der Waals surface area contributed by atoms with Crippen LogP contribution in [0.5, 0.6) is 5.75 Å². The molecule has 34 heavy (non-hydrogen) atoms. The van der Waals surface area contributed by atoms with Gasteiger partial charge >= 0.3 is 0 Å². The first-order valence-corrected chi connectivity index (χ1v) is 11.7. The zero-order valence-corrected chi connectivity index (χ0v) is 20.8. The van der Waals surface area contributed by atoms with Gasteiger partial charge in [-0.05, 0) is 86.3 Å². The smallest absolute Gasteiger partial charge is 0.117 e. The maximum absolute atomic E-state index is 11.0. The number of hydrogen-bond acceptors (Lipinski definition) is 4. The standard InChI is InChI=1S/C29H31ClN2O2/c1-16-9-21(13-22(30)10-16)28-27(29(28,6)34)20(5)32-23-8-7-18(3)26(15-23)19(4)31-24-11-17(2)12-25(33)14-24/h7-15,27-28,31-34H,4-5H2,1-3,6H3. The molecule has 0 amide bonds. The molecule has 0 saturated heterocycles. The predicted octanol–water partition coefficient (Wildman–Crippen LogP) is 7.14. The summed E-state index contributed by atoms with van der Waals surface area (Å²) in [5.74, 6) is 0.00633. The number of halogens is 1. The SMILES string of the molecule is C=C(Nc1cc(C)cc(O)c1)c1cc(NC(=C)C2C(c3cc(C)cc(Cl)c3)C2(C)O)ccc1C. The number of aliphatic hydroxyl groups is 1. The molecule has 0 bridgehead atoms. The Kier molecular flexibility index (Phi) is 6.24. The van der Waals surface area contributed by atoms with Crippen molar-refractivity contribution in [1.29, 1.82) is 0 Å². The number of benzene rings is 3. The van der Waals surface area contributed by atoms with Crippen LogP contribution in [0, 0.1) is 26.7 Å². The van der Waals surface area contributed by atoms with Gasteiger partial charge in [0.05, 0.1) is 5.60 Å². The van der Waals surface area contributed by atoms with E-state index < -0.39 is 5.60 Å². The van der Waals surface area contributed by atoms with Crippen LogP contribution in [0.15, 0.2) is 73.5 Å². The summed E-state index contributed by atoms with van der Waals surface area (Å²) in [6, 6.07) is 17.3. The van der Waals surface area contributed by atoms with Crippen molar-refractivity contribution in [2.45, 2.75) is 39.2 Å². The predicted molar refractivity (Wildman–Crippen MR) is 142 cm³/mol. The Hall–Kier alpha value is -3.21. The average Bonchev–Trinajstić information content (AvgIpc) is 3.30. The molecule has 176 valence electrons. The van der Waals surface area contributed by atoms with E-state index >= 15 is 0 Å². The van der Waals surface area contributed by atoms with E-state index in [1.54, 1.807) is 12.1 Å². The van der Waals surface area contributed by atoms with E-state index in [0.29, 0.717) is 5.02 Å². The van der Waals surface area contributed by atoms with Gasteiger partial charge < -0.3 is 20.8 Å². The van der Waals surface area contributed by atoms with Crippen molar-refractivity contribution in [3.63, 3.8) is 0 Å². The number of anilines is 2. The number of nitrogens with one attached hydrogen (secondary N) is 2. The van der Waals surface area contributed by atoms with Gasteiger partial charge in [0.15, 0.2) is 0 Å². The first-order valence-electron chi connectivity index (χ1n) is 11.3. The van der Waals surface area contributed by atoms with Crippen LogP contribution in [-0.2, 0) is 0 Å². The third kappa shape index (κ3) is 4.84. The quantitative estimate of drug-likeness (QED) is 0.293. The third-order valence-corrected chi connectivity index (χ3v) is 6.73. The van der Waals surface area contributed by atoms with E-state index in [9.17, 15) is 10.2 Å². The fraction of sp³-hybridized carbons (Fsp3) is 0.241. The Morgan fingerprint density at radius 3 is 2.29 bits per heavy atom. The van der Waals surface area contributed by atoms with Gasteiger partial charge in [0.25, 0.3) is 0 Å². The number of aromatic hydroxyl groups is 1. The zero-order chi connectivity index (χ0) is 24.8. The lowest BCUT2D eigenvalue weighted by atomic mass is 10.0. The lowest BCUT2D eigenvalue weighted by Gasteiger charge is -2.16. The van der Waals surface area contributed by atoms with Crippen molar-refractivity contribution in [1.82, 2.24) is 0 Å². The van der Waals surface area contributed by atoms with Crippen LogP contribution in [0.1, 0.15) is 40.7 Å². The van der Waals surface area contributed by atoms with Crippen LogP contribution in [0.25, 0.3) is 5.70 Å². The first kappa shape index (κ1) is 23.9. The number of aryl methyl sites for hydroxylation is 3. The summed E-state index contributed by atoms with van der Waals surface area (Å²) in [6.45, 7) is 16.2. The van der Waals surface area contributed by atoms with Gasteiger partial charge in [-0.25, -0.2) is 0 Å². The summed E-state index contributed by atoms with van der Waals surface area (Å²) in [4.78, 5) is 0. The molecule has 1 aliphatic rings. The lowest BCUT2D eigenvalue weighted by Crippen LogP contribution is -2.10. The van der Waals surface area contributed by atoms with E-state index in [0.717, 1.165) is 50.6 Å². The summed E-state index contributed by atoms with van der Waals surface area (Å²) in [6.07, 6.45) is 0. The van der Waals surface area contributed by atoms with Gasteiger partial charge in [-0.2, -0.15) is 0 Å². The summed E-state index contributed by atoms with van der Waals surface area (Å²) in [5.41, 5.74) is 7.28. The summed E-state index contributed by atoms with van der Waals surface area (Å²) in [7, 11) is 0. The highest BCUT2D eigenvalue weighted by Crippen LogP contribution is 2.60. The minimum atomic E-state index is -0.896. The number of rotatable bonds is 7. The minimum absolute atomic E-state index is 0.0690. The Bertz CT molecular complexity index is 1250. The average molecular weight is 475 g/mol. The second-order valence-corrected chi connectivity index (χ2v) is 10.0. The van der Waals surface area contributed by atoms with Crippen molar-refractivity contribution in [2.24, 2.45) is 5.92 Å². The molecule has 4 rings (SSSR count). The van der Waals surface area contributed by atoms with E-state index in [2.05, 4.69) is 29.9 Å². The molecule has 1 saturated carbocycles. The Morgan fingerprint density at radius 2 is 1.62 bits per heavy atom. The maximum Gasteiger partial charge on any atom is 0.117 e. The molecule has 0 heterocycles. The van der Waals surface area contributed by atoms with Crippen LogP contribution in [0.4, 0.5) is 11.4 Å². The highest BCUT2D eigenvalue weighted by molar-refractivity contribution is 6.30. The molecule has 3 unspecified atom stereocenters. The van der Waals surface area contributed by atoms with E-state index in [1.807, 2.05) is 64.1 Å². The number of hydrogen-bond donors (Lipinski definition) is 4. The van der Waals surface area contributed by atoms with Gasteiger partial charge in [-0.3, -0.25) is 0 Å². The molecule has 3 aromatic rings. The van der Waals surface area contributed by atoms with Crippen molar-refractivity contribution >= 4 is 28.7 Å². The molecule has 5 heteroatoms. The molecule has 0 spiro atoms. The highest BCUT2D eigenvalue weighted by atomic mass is 35.5. The maximum atomic E-state index is 11.0. The second kappa shape index (κ2) is 8.86. The number of phenols is 1. The van der Waals surface area contributed by atoms with Gasteiger partial charge in [0.1, 0.15) is 5.75 Å². The van der Waals surface area contributed by atoms with Gasteiger partial charge in [-0.1, -0.05) is 36.9 Å². The zero-order valence-electron chi connectivity index (χ0n) is 20.0. The van der Waals surface area contributed by atoms with Crippen molar-refractivity contribution < 1.29 is 10.2 Å². The fourth-order valence-corrected chi connectivity index (χ4v) is 5.19. The monoisotopic (exact) mass is 474 g/mol. The molecule has 0 aromatic heterocycles. The molecule has 1 aliphatic carbocycles. The number of phenolic OH excluding ortho intramolecular Hbond substituents is 1. The Labute approximate surface area is 206 Å². The van der Waals surface area contributed by atoms with Crippen molar-refractivity contribution in [3.8, 4) is 5.75 Å². The molecule has 1 fully saturated rings. The van der Waals surface area contributed by atoms with E-state index in [4.69, 9.17) is 11.6 Å². The molecule has 4 nitrogen and oxygen atoms in total. The van der Waals surface area contributed by atoms with Gasteiger partial charge in [0.2, 0.25) is 0 Å². The summed E-state index contributed by atoms with van der Waals surface area (Å²) < 4.78 is 0. The Balaban J connectivity index is 1.52. The highest BCUT2D eigenvalue weighted by Gasteiger charge is 2.62. The summed E-state index contributed by atoms with van der Waals surface area (Å²) in [5, 5.41) is 28.3. The molecular formula is C29H31ClN2O2. The van der Waals surface area contributed by atoms with Crippen LogP contribution in [-0.4, -0.2) is 15.8 Å². The van der Waals surface area contributed by atoms with Crippen LogP contribution < -0.4 is 10.6 Å². The molecule has 3 aromatic carbocycles. The molecular weight excluding hydrogens is 444 g/mol. The van der Waals surface area contributed by atoms with E-state index in [1.165, 1.54) is 0 Å². The van der Waals surface area contributed by atoms with E-state index in [-0.39, 0.29) is 17.6 Å². The normalized spacial score (nSPS) is 21.1. The summed E-state index contributed by atoms with van der Waals surface area (Å²) >= 11 is 6.26. The molecule has 0 aliphatic heterocycles. The largest absolute Gasteiger partial charge is 0.508 e. The minimum Gasteiger partial charge on any atom is -0.508 e. The van der Waals surface area contributed by atoms with Crippen LogP contribution in [0.2, 0.25) is 5.02 Å².